The van der Waals surface area contributed by atoms with E-state index in [1.54, 1.807) is 0 Å². The second-order valence-electron chi connectivity index (χ2n) is 5.87. The maximum absolute atomic E-state index is 6.60. The fourth-order valence-electron chi connectivity index (χ4n) is 2.07. The van der Waals surface area contributed by atoms with E-state index in [1.165, 1.54) is 36.2 Å². The van der Waals surface area contributed by atoms with E-state index < -0.39 is 27.2 Å². The Bertz CT molecular complexity index is 155. The molecule has 0 rings (SSSR count). The Labute approximate surface area is 103 Å². The third kappa shape index (κ3) is 8.81. The van der Waals surface area contributed by atoms with Gasteiger partial charge in [-0.2, -0.15) is 0 Å². The van der Waals surface area contributed by atoms with Gasteiger partial charge in [0.15, 0.2) is 0 Å². The van der Waals surface area contributed by atoms with Crippen molar-refractivity contribution in [1.82, 2.24) is 0 Å². The summed E-state index contributed by atoms with van der Waals surface area (Å²) < 4.78 is 6.60. The molecule has 0 unspecified atom stereocenters. The Morgan fingerprint density at radius 3 is 1.47 bits per heavy atom. The Morgan fingerprint density at radius 2 is 1.20 bits per heavy atom. The summed E-state index contributed by atoms with van der Waals surface area (Å²) in [5, 5.41) is 2.86. The van der Waals surface area contributed by atoms with Crippen LogP contribution in [0.3, 0.4) is 0 Å². The zero-order valence-electron chi connectivity index (χ0n) is 11.7. The predicted molar refractivity (Wildman–Crippen MR) is 75.5 cm³/mol. The van der Waals surface area contributed by atoms with E-state index in [4.69, 9.17) is 2.79 Å². The first-order valence-electron chi connectivity index (χ1n) is 6.53. The van der Waals surface area contributed by atoms with Crippen molar-refractivity contribution in [2.75, 3.05) is 0 Å². The van der Waals surface area contributed by atoms with Crippen molar-refractivity contribution >= 4 is 27.2 Å². The van der Waals surface area contributed by atoms with Gasteiger partial charge in [0, 0.05) is 0 Å². The van der Waals surface area contributed by atoms with Crippen LogP contribution in [0.1, 0.15) is 39.5 Å². The van der Waals surface area contributed by atoms with Gasteiger partial charge in [-0.05, 0) is 0 Å². The van der Waals surface area contributed by atoms with Gasteiger partial charge >= 0.3 is 103 Å². The van der Waals surface area contributed by atoms with Gasteiger partial charge in [0.25, 0.3) is 0 Å². The SMILES string of the molecule is CCC[CH2][Ge]([CH3])([CH2]CCC)[O][Ge]([CH3])([CH3])[CH3]. The molecule has 0 N–H and O–H groups in total. The van der Waals surface area contributed by atoms with Crippen molar-refractivity contribution in [3.8, 4) is 0 Å². The molecule has 0 heterocycles. The topological polar surface area (TPSA) is 9.23 Å². The van der Waals surface area contributed by atoms with Gasteiger partial charge in [-0.1, -0.05) is 0 Å². The summed E-state index contributed by atoms with van der Waals surface area (Å²) in [5.74, 6) is 9.69. The summed E-state index contributed by atoms with van der Waals surface area (Å²) in [6.07, 6.45) is 5.43. The van der Waals surface area contributed by atoms with Gasteiger partial charge < -0.3 is 0 Å². The number of rotatable bonds is 8. The van der Waals surface area contributed by atoms with Gasteiger partial charge in [0.05, 0.1) is 0 Å². The number of hydrogen-bond acceptors (Lipinski definition) is 1. The number of hydrogen-bond donors (Lipinski definition) is 0. The second-order valence-corrected chi connectivity index (χ2v) is 25.6. The standard InChI is InChI=1S/C12H30Ge2O/c1-7-9-11-14(6,12-10-8-2)15-13(3,4)5/h7-12H2,1-6H3. The van der Waals surface area contributed by atoms with Crippen LogP contribution in [0.15, 0.2) is 0 Å². The van der Waals surface area contributed by atoms with E-state index in [-0.39, 0.29) is 0 Å². The molecule has 0 bridgehead atoms. The summed E-state index contributed by atoms with van der Waals surface area (Å²) in [4.78, 5) is 0. The molecule has 0 spiro atoms. The summed E-state index contributed by atoms with van der Waals surface area (Å²) in [6.45, 7) is 4.59. The molecular formula is C12H30Ge2O. The van der Waals surface area contributed by atoms with Crippen LogP contribution in [0.4, 0.5) is 0 Å². The fraction of sp³-hybridized carbons (Fsp3) is 1.00. The zero-order valence-corrected chi connectivity index (χ0v) is 15.8. The van der Waals surface area contributed by atoms with E-state index >= 15 is 0 Å². The summed E-state index contributed by atoms with van der Waals surface area (Å²) in [5.41, 5.74) is 0. The van der Waals surface area contributed by atoms with Crippen LogP contribution in [0.25, 0.3) is 0 Å². The van der Waals surface area contributed by atoms with Crippen LogP contribution in [-0.4, -0.2) is 27.2 Å². The monoisotopic (exact) mass is 338 g/mol. The quantitative estimate of drug-likeness (QED) is 0.566. The summed E-state index contributed by atoms with van der Waals surface area (Å²) in [7, 11) is 0. The van der Waals surface area contributed by atoms with Crippen molar-refractivity contribution in [1.29, 1.82) is 0 Å². The van der Waals surface area contributed by atoms with Crippen LogP contribution in [0.2, 0.25) is 33.5 Å². The molecule has 92 valence electrons. The molecular weight excluding hydrogens is 305 g/mol. The van der Waals surface area contributed by atoms with Crippen LogP contribution in [0, 0.1) is 0 Å². The molecule has 1 nitrogen and oxygen atoms in total. The molecule has 0 aliphatic rings. The Hall–Kier alpha value is 1.05. The Kier molecular flexibility index (Phi) is 7.90. The van der Waals surface area contributed by atoms with Crippen LogP contribution >= 0.6 is 0 Å². The van der Waals surface area contributed by atoms with Gasteiger partial charge in [0.1, 0.15) is 0 Å². The molecule has 3 heteroatoms. The van der Waals surface area contributed by atoms with Crippen molar-refractivity contribution in [2.24, 2.45) is 0 Å². The fourth-order valence-corrected chi connectivity index (χ4v) is 29.1. The Balaban J connectivity index is 4.26. The van der Waals surface area contributed by atoms with Crippen LogP contribution in [0.5, 0.6) is 0 Å². The third-order valence-corrected chi connectivity index (χ3v) is 23.0. The second kappa shape index (κ2) is 7.39. The molecule has 0 fully saturated rings. The first-order valence-corrected chi connectivity index (χ1v) is 19.6. The number of unbranched alkanes of at least 4 members (excludes halogenated alkanes) is 2. The molecule has 0 aromatic heterocycles. The minimum absolute atomic E-state index is 1.33. The molecule has 0 aliphatic heterocycles. The molecule has 0 radical (unpaired) electrons. The van der Waals surface area contributed by atoms with E-state index in [0.717, 1.165) is 0 Å². The van der Waals surface area contributed by atoms with E-state index in [2.05, 4.69) is 36.9 Å². The third-order valence-electron chi connectivity index (χ3n) is 2.67. The maximum atomic E-state index is 6.60. The van der Waals surface area contributed by atoms with Crippen molar-refractivity contribution in [3.63, 3.8) is 0 Å². The molecule has 0 saturated carbocycles. The average Bonchev–Trinajstić information content (AvgIpc) is 2.09. The van der Waals surface area contributed by atoms with E-state index in [1.807, 2.05) is 0 Å². The van der Waals surface area contributed by atoms with Crippen molar-refractivity contribution in [2.45, 2.75) is 73.1 Å². The molecule has 0 aliphatic carbocycles. The van der Waals surface area contributed by atoms with Gasteiger partial charge in [-0.25, -0.2) is 0 Å². The van der Waals surface area contributed by atoms with E-state index in [0.29, 0.717) is 0 Å². The first-order chi connectivity index (χ1) is 6.83. The van der Waals surface area contributed by atoms with Gasteiger partial charge in [-0.3, -0.25) is 0 Å². The van der Waals surface area contributed by atoms with Gasteiger partial charge in [-0.15, -0.1) is 0 Å². The molecule has 0 amide bonds. The average molecular weight is 336 g/mol. The molecule has 0 aromatic rings. The van der Waals surface area contributed by atoms with Crippen LogP contribution in [-0.2, 0) is 2.79 Å². The van der Waals surface area contributed by atoms with Gasteiger partial charge in [0.2, 0.25) is 0 Å². The Morgan fingerprint density at radius 1 is 0.800 bits per heavy atom. The normalized spacial score (nSPS) is 13.2. The molecule has 0 aromatic carbocycles. The summed E-state index contributed by atoms with van der Waals surface area (Å²) >= 11 is -3.66. The predicted octanol–water partition coefficient (Wildman–Crippen LogP) is 5.01. The summed E-state index contributed by atoms with van der Waals surface area (Å²) in [6, 6.07) is 0. The minimum atomic E-state index is -1.87. The van der Waals surface area contributed by atoms with Crippen molar-refractivity contribution in [3.05, 3.63) is 0 Å². The van der Waals surface area contributed by atoms with Crippen molar-refractivity contribution < 1.29 is 2.79 Å². The molecule has 0 atom stereocenters. The molecule has 15 heavy (non-hydrogen) atoms. The van der Waals surface area contributed by atoms with E-state index in [9.17, 15) is 0 Å². The first kappa shape index (κ1) is 16.0. The zero-order chi connectivity index (χ0) is 11.9. The molecule has 0 saturated heterocycles. The van der Waals surface area contributed by atoms with Crippen LogP contribution < -0.4 is 0 Å².